The summed E-state index contributed by atoms with van der Waals surface area (Å²) in [6.45, 7) is 2.53. The number of rotatable bonds is 6. The van der Waals surface area contributed by atoms with Crippen molar-refractivity contribution >= 4 is 17.4 Å². The highest BCUT2D eigenvalue weighted by atomic mass is 16.3. The van der Waals surface area contributed by atoms with Crippen LogP contribution in [-0.4, -0.2) is 38.2 Å². The number of carbonyl (C=O) groups is 2. The van der Waals surface area contributed by atoms with E-state index in [4.69, 9.17) is 0 Å². The van der Waals surface area contributed by atoms with E-state index in [0.29, 0.717) is 17.8 Å². The van der Waals surface area contributed by atoms with Gasteiger partial charge in [-0.3, -0.25) is 19.6 Å². The molecule has 1 fully saturated rings. The van der Waals surface area contributed by atoms with Gasteiger partial charge >= 0.3 is 0 Å². The third kappa shape index (κ3) is 3.35. The molecule has 0 aliphatic carbocycles. The maximum atomic E-state index is 12.7. The van der Waals surface area contributed by atoms with Gasteiger partial charge in [-0.05, 0) is 30.7 Å². The molecule has 6 nitrogen and oxygen atoms in total. The summed E-state index contributed by atoms with van der Waals surface area (Å²) < 4.78 is 0. The normalized spacial score (nSPS) is 19.1. The van der Waals surface area contributed by atoms with Gasteiger partial charge in [0, 0.05) is 30.7 Å². The van der Waals surface area contributed by atoms with Gasteiger partial charge in [0.25, 0.3) is 11.7 Å². The molecule has 0 bridgehead atoms. The molecule has 2 aromatic rings. The van der Waals surface area contributed by atoms with E-state index in [1.165, 1.54) is 17.3 Å². The predicted octanol–water partition coefficient (Wildman–Crippen LogP) is 3.09. The zero-order valence-corrected chi connectivity index (χ0v) is 14.6. The molecule has 0 radical (unpaired) electrons. The minimum Gasteiger partial charge on any atom is -0.507 e. The monoisotopic (exact) mass is 351 g/mol. The standard InChI is InChI=1S/C20H21N3O3/c1-2-3-6-13-23-17(15-7-4-5-10-22-15)16(19(25)20(23)26)18(24)14-8-11-21-12-9-14/h4-5,7-12,17,24H,2-3,6,13H2,1H3/b18-16-. The molecular formula is C20H21N3O3. The quantitative estimate of drug-likeness (QED) is 0.374. The average Bonchev–Trinajstić information content (AvgIpc) is 2.94. The van der Waals surface area contributed by atoms with Crippen molar-refractivity contribution in [2.45, 2.75) is 32.2 Å². The Bertz CT molecular complexity index is 819. The van der Waals surface area contributed by atoms with E-state index in [1.807, 2.05) is 0 Å². The molecule has 1 atom stereocenters. The molecule has 2 aromatic heterocycles. The number of amides is 1. The fraction of sp³-hybridized carbons (Fsp3) is 0.300. The first-order valence-corrected chi connectivity index (χ1v) is 8.75. The lowest BCUT2D eigenvalue weighted by atomic mass is 9.98. The zero-order valence-electron chi connectivity index (χ0n) is 14.6. The van der Waals surface area contributed by atoms with Crippen LogP contribution in [0.3, 0.4) is 0 Å². The number of aromatic nitrogens is 2. The van der Waals surface area contributed by atoms with E-state index in [9.17, 15) is 14.7 Å². The first-order valence-electron chi connectivity index (χ1n) is 8.75. The number of nitrogens with zero attached hydrogens (tertiary/aromatic N) is 3. The van der Waals surface area contributed by atoms with Crippen molar-refractivity contribution in [2.24, 2.45) is 0 Å². The summed E-state index contributed by atoms with van der Waals surface area (Å²) in [6, 6.07) is 7.88. The number of aliphatic hydroxyl groups excluding tert-OH is 1. The summed E-state index contributed by atoms with van der Waals surface area (Å²) in [5.74, 6) is -1.46. The van der Waals surface area contributed by atoms with Crippen molar-refractivity contribution in [3.63, 3.8) is 0 Å². The van der Waals surface area contributed by atoms with Gasteiger partial charge in [0.05, 0.1) is 11.3 Å². The van der Waals surface area contributed by atoms with Gasteiger partial charge in [0.1, 0.15) is 11.8 Å². The van der Waals surface area contributed by atoms with Crippen LogP contribution in [0.2, 0.25) is 0 Å². The van der Waals surface area contributed by atoms with Gasteiger partial charge in [-0.25, -0.2) is 0 Å². The number of carbonyl (C=O) groups excluding carboxylic acids is 2. The Labute approximate surface area is 152 Å². The van der Waals surface area contributed by atoms with Crippen molar-refractivity contribution in [1.82, 2.24) is 14.9 Å². The van der Waals surface area contributed by atoms with Gasteiger partial charge in [-0.1, -0.05) is 25.8 Å². The first kappa shape index (κ1) is 17.8. The SMILES string of the molecule is CCCCCN1C(=O)C(=O)/C(=C(\O)c2ccncc2)C1c1ccccn1. The number of likely N-dealkylation sites (tertiary alicyclic amines) is 1. The van der Waals surface area contributed by atoms with Crippen LogP contribution < -0.4 is 0 Å². The topological polar surface area (TPSA) is 83.4 Å². The molecule has 6 heteroatoms. The van der Waals surface area contributed by atoms with Crippen LogP contribution in [0.15, 0.2) is 54.5 Å². The van der Waals surface area contributed by atoms with Crippen molar-refractivity contribution < 1.29 is 14.7 Å². The second-order valence-corrected chi connectivity index (χ2v) is 6.19. The molecule has 0 saturated carbocycles. The summed E-state index contributed by atoms with van der Waals surface area (Å²) in [5, 5.41) is 10.8. The largest absolute Gasteiger partial charge is 0.507 e. The Kier molecular flexibility index (Phi) is 5.41. The highest BCUT2D eigenvalue weighted by molar-refractivity contribution is 6.46. The molecule has 1 aliphatic rings. The molecule has 134 valence electrons. The van der Waals surface area contributed by atoms with E-state index >= 15 is 0 Å². The number of aliphatic hydroxyl groups is 1. The van der Waals surface area contributed by atoms with Gasteiger partial charge < -0.3 is 10.0 Å². The van der Waals surface area contributed by atoms with E-state index in [2.05, 4.69) is 16.9 Å². The molecule has 1 aliphatic heterocycles. The summed E-state index contributed by atoms with van der Waals surface area (Å²) >= 11 is 0. The highest BCUT2D eigenvalue weighted by Crippen LogP contribution is 2.38. The minimum atomic E-state index is -0.679. The zero-order chi connectivity index (χ0) is 18.5. The maximum Gasteiger partial charge on any atom is 0.295 e. The molecule has 26 heavy (non-hydrogen) atoms. The summed E-state index contributed by atoms with van der Waals surface area (Å²) in [6.07, 6.45) is 7.44. The molecule has 1 saturated heterocycles. The second kappa shape index (κ2) is 7.91. The summed E-state index contributed by atoms with van der Waals surface area (Å²) in [7, 11) is 0. The highest BCUT2D eigenvalue weighted by Gasteiger charge is 2.46. The molecule has 3 heterocycles. The summed E-state index contributed by atoms with van der Waals surface area (Å²) in [5.41, 5.74) is 1.10. The van der Waals surface area contributed by atoms with E-state index in [0.717, 1.165) is 19.3 Å². The second-order valence-electron chi connectivity index (χ2n) is 6.19. The van der Waals surface area contributed by atoms with Crippen LogP contribution in [0.4, 0.5) is 0 Å². The Hall–Kier alpha value is -3.02. The lowest BCUT2D eigenvalue weighted by Crippen LogP contribution is -2.31. The molecule has 0 spiro atoms. The predicted molar refractivity (Wildman–Crippen MR) is 97.0 cm³/mol. The van der Waals surface area contributed by atoms with Crippen molar-refractivity contribution in [1.29, 1.82) is 0 Å². The number of ketones is 1. The Balaban J connectivity index is 2.09. The Morgan fingerprint density at radius 3 is 2.54 bits per heavy atom. The number of pyridine rings is 2. The van der Waals surface area contributed by atoms with Crippen LogP contribution in [-0.2, 0) is 9.59 Å². The number of hydrogen-bond donors (Lipinski definition) is 1. The van der Waals surface area contributed by atoms with Crippen LogP contribution >= 0.6 is 0 Å². The number of hydrogen-bond acceptors (Lipinski definition) is 5. The fourth-order valence-electron chi connectivity index (χ4n) is 3.15. The molecular weight excluding hydrogens is 330 g/mol. The molecule has 3 rings (SSSR count). The van der Waals surface area contributed by atoms with Crippen molar-refractivity contribution in [3.8, 4) is 0 Å². The van der Waals surface area contributed by atoms with Crippen molar-refractivity contribution in [2.75, 3.05) is 6.54 Å². The number of unbranched alkanes of at least 4 members (excludes halogenated alkanes) is 2. The van der Waals surface area contributed by atoms with Crippen LogP contribution in [0.1, 0.15) is 43.5 Å². The molecule has 1 amide bonds. The Morgan fingerprint density at radius 2 is 1.88 bits per heavy atom. The van der Waals surface area contributed by atoms with Gasteiger partial charge in [-0.2, -0.15) is 0 Å². The van der Waals surface area contributed by atoms with Crippen LogP contribution in [0.5, 0.6) is 0 Å². The molecule has 1 unspecified atom stereocenters. The number of Topliss-reactive ketones (excluding diaryl/α,β-unsaturated/α-hetero) is 1. The van der Waals surface area contributed by atoms with Gasteiger partial charge in [0.2, 0.25) is 0 Å². The van der Waals surface area contributed by atoms with Crippen LogP contribution in [0.25, 0.3) is 5.76 Å². The van der Waals surface area contributed by atoms with Gasteiger partial charge in [-0.15, -0.1) is 0 Å². The third-order valence-electron chi connectivity index (χ3n) is 4.46. The van der Waals surface area contributed by atoms with Gasteiger partial charge in [0.15, 0.2) is 0 Å². The molecule has 1 N–H and O–H groups in total. The molecule has 0 aromatic carbocycles. The lowest BCUT2D eigenvalue weighted by Gasteiger charge is -2.24. The van der Waals surface area contributed by atoms with E-state index in [-0.39, 0.29) is 11.3 Å². The average molecular weight is 351 g/mol. The van der Waals surface area contributed by atoms with Crippen LogP contribution in [0, 0.1) is 0 Å². The summed E-state index contributed by atoms with van der Waals surface area (Å²) in [4.78, 5) is 35.1. The third-order valence-corrected chi connectivity index (χ3v) is 4.46. The fourth-order valence-corrected chi connectivity index (χ4v) is 3.15. The van der Waals surface area contributed by atoms with Crippen molar-refractivity contribution in [3.05, 3.63) is 65.8 Å². The smallest absolute Gasteiger partial charge is 0.295 e. The Morgan fingerprint density at radius 1 is 1.12 bits per heavy atom. The first-order chi connectivity index (χ1) is 12.6. The lowest BCUT2D eigenvalue weighted by molar-refractivity contribution is -0.140. The van der Waals surface area contributed by atoms with E-state index in [1.54, 1.807) is 36.5 Å². The maximum absolute atomic E-state index is 12.7. The van der Waals surface area contributed by atoms with E-state index < -0.39 is 17.7 Å². The minimum absolute atomic E-state index is 0.0800.